The van der Waals surface area contributed by atoms with Gasteiger partial charge in [-0.2, -0.15) is 5.10 Å². The Labute approximate surface area is 141 Å². The molecule has 0 fully saturated rings. The minimum atomic E-state index is -0.568. The molecule has 2 aromatic carbocycles. The van der Waals surface area contributed by atoms with Crippen molar-refractivity contribution >= 4 is 17.4 Å². The normalized spacial score (nSPS) is 17.8. The predicted molar refractivity (Wildman–Crippen MR) is 94.5 cm³/mol. The quantitative estimate of drug-likeness (QED) is 0.639. The van der Waals surface area contributed by atoms with Crippen molar-refractivity contribution in [1.29, 1.82) is 0 Å². The standard InChI is InChI=1S/C20H18N2O2/c1-3-15(2)24-20(23)18-14-19(16-10-6-4-7-11-16)22(21-18)17-12-8-5-9-13-17/h1,4-13,15,19H,14H2,2H3/t15-,19-/m0/s1. The van der Waals surface area contributed by atoms with Crippen LogP contribution >= 0.6 is 0 Å². The van der Waals surface area contributed by atoms with E-state index in [-0.39, 0.29) is 6.04 Å². The molecule has 0 saturated heterocycles. The van der Waals surface area contributed by atoms with Crippen LogP contribution in [0.5, 0.6) is 0 Å². The molecule has 0 N–H and O–H groups in total. The second-order valence-corrected chi connectivity index (χ2v) is 5.57. The fraction of sp³-hybridized carbons (Fsp3) is 0.200. The molecule has 0 amide bonds. The number of terminal acetylenes is 1. The zero-order valence-electron chi connectivity index (χ0n) is 13.4. The van der Waals surface area contributed by atoms with Gasteiger partial charge < -0.3 is 4.74 Å². The number of carbonyl (C=O) groups excluding carboxylic acids is 1. The topological polar surface area (TPSA) is 41.9 Å². The molecule has 3 rings (SSSR count). The van der Waals surface area contributed by atoms with Gasteiger partial charge in [0.25, 0.3) is 0 Å². The lowest BCUT2D eigenvalue weighted by Gasteiger charge is -2.23. The molecule has 2 aromatic rings. The van der Waals surface area contributed by atoms with Crippen LogP contribution < -0.4 is 5.01 Å². The van der Waals surface area contributed by atoms with Crippen LogP contribution in [0.2, 0.25) is 0 Å². The van der Waals surface area contributed by atoms with E-state index in [1.54, 1.807) is 6.92 Å². The van der Waals surface area contributed by atoms with Crippen molar-refractivity contribution in [3.8, 4) is 12.3 Å². The van der Waals surface area contributed by atoms with Gasteiger partial charge in [-0.15, -0.1) is 6.42 Å². The Morgan fingerprint density at radius 3 is 2.46 bits per heavy atom. The van der Waals surface area contributed by atoms with Crippen LogP contribution in [-0.4, -0.2) is 17.8 Å². The molecule has 0 aromatic heterocycles. The molecule has 24 heavy (non-hydrogen) atoms. The number of anilines is 1. The lowest BCUT2D eigenvalue weighted by atomic mass is 10.0. The number of ether oxygens (including phenoxy) is 1. The summed E-state index contributed by atoms with van der Waals surface area (Å²) >= 11 is 0. The van der Waals surface area contributed by atoms with Crippen molar-refractivity contribution in [3.05, 3.63) is 66.2 Å². The van der Waals surface area contributed by atoms with Crippen LogP contribution in [0.15, 0.2) is 65.8 Å². The Morgan fingerprint density at radius 1 is 1.21 bits per heavy atom. The molecule has 4 nitrogen and oxygen atoms in total. The van der Waals surface area contributed by atoms with Gasteiger partial charge in [0.15, 0.2) is 6.10 Å². The summed E-state index contributed by atoms with van der Waals surface area (Å²) in [6, 6.07) is 19.7. The Morgan fingerprint density at radius 2 is 1.83 bits per heavy atom. The van der Waals surface area contributed by atoms with E-state index < -0.39 is 12.1 Å². The maximum Gasteiger partial charge on any atom is 0.355 e. The van der Waals surface area contributed by atoms with Crippen LogP contribution in [0.4, 0.5) is 5.69 Å². The molecule has 0 aliphatic carbocycles. The number of rotatable bonds is 4. The third-order valence-corrected chi connectivity index (χ3v) is 3.87. The van der Waals surface area contributed by atoms with E-state index in [9.17, 15) is 4.79 Å². The second kappa shape index (κ2) is 7.01. The molecule has 0 saturated carbocycles. The SMILES string of the molecule is C#C[C@H](C)OC(=O)C1=NN(c2ccccc2)[C@H](c2ccccc2)C1. The van der Waals surface area contributed by atoms with Crippen LogP contribution in [0.3, 0.4) is 0 Å². The Bertz CT molecular complexity index is 778. The van der Waals surface area contributed by atoms with Crippen molar-refractivity contribution in [2.45, 2.75) is 25.5 Å². The lowest BCUT2D eigenvalue weighted by molar-refractivity contribution is -0.137. The molecule has 1 aliphatic rings. The summed E-state index contributed by atoms with van der Waals surface area (Å²) in [6.45, 7) is 1.66. The highest BCUT2D eigenvalue weighted by Crippen LogP contribution is 2.35. The number of para-hydroxylation sites is 1. The zero-order valence-corrected chi connectivity index (χ0v) is 13.4. The first-order valence-electron chi connectivity index (χ1n) is 7.83. The van der Waals surface area contributed by atoms with Gasteiger partial charge in [0, 0.05) is 6.42 Å². The first-order chi connectivity index (χ1) is 11.7. The van der Waals surface area contributed by atoms with Crippen LogP contribution in [0.1, 0.15) is 24.9 Å². The van der Waals surface area contributed by atoms with E-state index in [4.69, 9.17) is 11.2 Å². The van der Waals surface area contributed by atoms with Gasteiger partial charge in [0.2, 0.25) is 0 Å². The van der Waals surface area contributed by atoms with E-state index in [0.717, 1.165) is 11.3 Å². The number of esters is 1. The first kappa shape index (κ1) is 15.8. The monoisotopic (exact) mass is 318 g/mol. The summed E-state index contributed by atoms with van der Waals surface area (Å²) in [6.07, 6.45) is 5.19. The molecule has 0 spiro atoms. The number of hydrazone groups is 1. The highest BCUT2D eigenvalue weighted by atomic mass is 16.5. The van der Waals surface area contributed by atoms with E-state index in [1.165, 1.54) is 0 Å². The number of benzene rings is 2. The van der Waals surface area contributed by atoms with E-state index >= 15 is 0 Å². The molecular formula is C20H18N2O2. The molecule has 1 heterocycles. The summed E-state index contributed by atoms with van der Waals surface area (Å²) in [5.41, 5.74) is 2.41. The minimum Gasteiger partial charge on any atom is -0.445 e. The van der Waals surface area contributed by atoms with Crippen molar-refractivity contribution < 1.29 is 9.53 Å². The molecule has 2 atom stereocenters. The van der Waals surface area contributed by atoms with E-state index in [0.29, 0.717) is 12.1 Å². The Kier molecular flexibility index (Phi) is 4.62. The second-order valence-electron chi connectivity index (χ2n) is 5.57. The molecule has 0 unspecified atom stereocenters. The predicted octanol–water partition coefficient (Wildman–Crippen LogP) is 3.56. The lowest BCUT2D eigenvalue weighted by Crippen LogP contribution is -2.21. The van der Waals surface area contributed by atoms with E-state index in [2.05, 4.69) is 11.0 Å². The van der Waals surface area contributed by atoms with Crippen molar-refractivity contribution in [1.82, 2.24) is 0 Å². The van der Waals surface area contributed by atoms with Gasteiger partial charge in [-0.3, -0.25) is 5.01 Å². The van der Waals surface area contributed by atoms with Gasteiger partial charge in [-0.05, 0) is 24.6 Å². The highest BCUT2D eigenvalue weighted by molar-refractivity contribution is 6.37. The highest BCUT2D eigenvalue weighted by Gasteiger charge is 2.33. The van der Waals surface area contributed by atoms with Crippen molar-refractivity contribution in [2.24, 2.45) is 5.10 Å². The third kappa shape index (κ3) is 3.31. The Hall–Kier alpha value is -3.06. The average molecular weight is 318 g/mol. The van der Waals surface area contributed by atoms with Crippen LogP contribution in [-0.2, 0) is 9.53 Å². The fourth-order valence-electron chi connectivity index (χ4n) is 2.65. The average Bonchev–Trinajstić information content (AvgIpc) is 3.08. The molecular weight excluding hydrogens is 300 g/mol. The number of hydrogen-bond donors (Lipinski definition) is 0. The van der Waals surface area contributed by atoms with Crippen LogP contribution in [0, 0.1) is 12.3 Å². The van der Waals surface area contributed by atoms with Crippen molar-refractivity contribution in [2.75, 3.05) is 5.01 Å². The summed E-state index contributed by atoms with van der Waals surface area (Å²) in [5, 5.41) is 6.38. The minimum absolute atomic E-state index is 0.0442. The van der Waals surface area contributed by atoms with Crippen LogP contribution in [0.25, 0.3) is 0 Å². The fourth-order valence-corrected chi connectivity index (χ4v) is 2.65. The molecule has 1 aliphatic heterocycles. The maximum atomic E-state index is 12.3. The number of nitrogens with zero attached hydrogens (tertiary/aromatic N) is 2. The molecule has 0 bridgehead atoms. The third-order valence-electron chi connectivity index (χ3n) is 3.87. The maximum absolute atomic E-state index is 12.3. The number of carbonyl (C=O) groups is 1. The Balaban J connectivity index is 1.91. The van der Waals surface area contributed by atoms with Gasteiger partial charge in [0.05, 0.1) is 11.7 Å². The zero-order chi connectivity index (χ0) is 16.9. The van der Waals surface area contributed by atoms with Gasteiger partial charge in [-0.1, -0.05) is 54.5 Å². The summed E-state index contributed by atoms with van der Waals surface area (Å²) < 4.78 is 5.22. The summed E-state index contributed by atoms with van der Waals surface area (Å²) in [7, 11) is 0. The van der Waals surface area contributed by atoms with Gasteiger partial charge in [-0.25, -0.2) is 4.79 Å². The molecule has 120 valence electrons. The summed E-state index contributed by atoms with van der Waals surface area (Å²) in [5.74, 6) is 1.93. The first-order valence-corrected chi connectivity index (χ1v) is 7.83. The largest absolute Gasteiger partial charge is 0.445 e. The molecule has 0 radical (unpaired) electrons. The van der Waals surface area contributed by atoms with Crippen molar-refractivity contribution in [3.63, 3.8) is 0 Å². The van der Waals surface area contributed by atoms with Gasteiger partial charge in [0.1, 0.15) is 5.71 Å². The van der Waals surface area contributed by atoms with E-state index in [1.807, 2.05) is 65.7 Å². The number of hydrogen-bond acceptors (Lipinski definition) is 4. The smallest absolute Gasteiger partial charge is 0.355 e. The summed E-state index contributed by atoms with van der Waals surface area (Å²) in [4.78, 5) is 12.3. The van der Waals surface area contributed by atoms with Gasteiger partial charge >= 0.3 is 5.97 Å². The molecule has 4 heteroatoms.